The number of nitroso groups, excluding NO2 is 1. The number of anilines is 1. The summed E-state index contributed by atoms with van der Waals surface area (Å²) in [5.41, 5.74) is 1.68. The SMILES string of the molecule is CC(=O)Nc1ccc(C(C)(C)C)cc1N=O. The summed E-state index contributed by atoms with van der Waals surface area (Å²) < 4.78 is 0. The summed E-state index contributed by atoms with van der Waals surface area (Å²) >= 11 is 0. The molecule has 0 unspecified atom stereocenters. The summed E-state index contributed by atoms with van der Waals surface area (Å²) in [6.45, 7) is 7.55. The molecule has 1 rings (SSSR count). The van der Waals surface area contributed by atoms with Gasteiger partial charge in [-0.1, -0.05) is 26.8 Å². The van der Waals surface area contributed by atoms with Crippen LogP contribution in [0, 0.1) is 4.91 Å². The van der Waals surface area contributed by atoms with Crippen molar-refractivity contribution in [1.82, 2.24) is 0 Å². The van der Waals surface area contributed by atoms with E-state index in [4.69, 9.17) is 0 Å². The highest BCUT2D eigenvalue weighted by atomic mass is 16.3. The lowest BCUT2D eigenvalue weighted by Crippen LogP contribution is -2.12. The number of nitrogens with zero attached hydrogens (tertiary/aromatic N) is 1. The zero-order valence-electron chi connectivity index (χ0n) is 10.00. The van der Waals surface area contributed by atoms with Gasteiger partial charge in [-0.05, 0) is 28.3 Å². The molecule has 16 heavy (non-hydrogen) atoms. The molecule has 1 aromatic carbocycles. The van der Waals surface area contributed by atoms with E-state index in [2.05, 4.69) is 31.3 Å². The summed E-state index contributed by atoms with van der Waals surface area (Å²) in [7, 11) is 0. The predicted octanol–water partition coefficient (Wildman–Crippen LogP) is 3.34. The highest BCUT2D eigenvalue weighted by Gasteiger charge is 2.16. The van der Waals surface area contributed by atoms with E-state index in [1.807, 2.05) is 6.07 Å². The Morgan fingerprint density at radius 2 is 1.94 bits per heavy atom. The molecule has 86 valence electrons. The molecule has 0 saturated heterocycles. The van der Waals surface area contributed by atoms with Crippen LogP contribution in [-0.4, -0.2) is 5.91 Å². The standard InChI is InChI=1S/C12H16N2O2/c1-8(15)13-10-6-5-9(12(2,3)4)7-11(10)14-16/h5-7H,1-4H3,(H,13,15). The molecule has 1 N–H and O–H groups in total. The molecular weight excluding hydrogens is 204 g/mol. The van der Waals surface area contributed by atoms with Gasteiger partial charge in [-0.3, -0.25) is 4.79 Å². The van der Waals surface area contributed by atoms with Gasteiger partial charge < -0.3 is 5.32 Å². The van der Waals surface area contributed by atoms with Crippen molar-refractivity contribution in [1.29, 1.82) is 0 Å². The zero-order chi connectivity index (χ0) is 12.3. The molecular formula is C12H16N2O2. The van der Waals surface area contributed by atoms with E-state index < -0.39 is 0 Å². The second kappa shape index (κ2) is 4.43. The summed E-state index contributed by atoms with van der Waals surface area (Å²) in [6.07, 6.45) is 0. The topological polar surface area (TPSA) is 58.5 Å². The lowest BCUT2D eigenvalue weighted by Gasteiger charge is -2.19. The molecule has 0 aliphatic heterocycles. The highest BCUT2D eigenvalue weighted by Crippen LogP contribution is 2.31. The van der Waals surface area contributed by atoms with Crippen molar-refractivity contribution < 1.29 is 4.79 Å². The first-order chi connectivity index (χ1) is 7.34. The molecule has 0 aliphatic carbocycles. The third-order valence-corrected chi connectivity index (χ3v) is 2.27. The number of hydrogen-bond donors (Lipinski definition) is 1. The van der Waals surface area contributed by atoms with Gasteiger partial charge in [0.15, 0.2) is 0 Å². The number of amides is 1. The van der Waals surface area contributed by atoms with E-state index in [9.17, 15) is 9.70 Å². The quantitative estimate of drug-likeness (QED) is 0.777. The molecule has 0 heterocycles. The molecule has 0 fully saturated rings. The Kier molecular flexibility index (Phi) is 3.42. The fraction of sp³-hybridized carbons (Fsp3) is 0.417. The molecule has 0 atom stereocenters. The van der Waals surface area contributed by atoms with Gasteiger partial charge in [0, 0.05) is 6.92 Å². The second-order valence-corrected chi connectivity index (χ2v) is 4.75. The Hall–Kier alpha value is -1.71. The van der Waals surface area contributed by atoms with E-state index in [1.54, 1.807) is 12.1 Å². The Balaban J connectivity index is 3.17. The van der Waals surface area contributed by atoms with Crippen LogP contribution in [0.1, 0.15) is 33.3 Å². The minimum absolute atomic E-state index is 0.0474. The van der Waals surface area contributed by atoms with Gasteiger partial charge in [-0.2, -0.15) is 0 Å². The van der Waals surface area contributed by atoms with Crippen molar-refractivity contribution in [2.24, 2.45) is 5.18 Å². The molecule has 0 spiro atoms. The lowest BCUT2D eigenvalue weighted by molar-refractivity contribution is -0.114. The average Bonchev–Trinajstić information content (AvgIpc) is 2.15. The molecule has 0 radical (unpaired) electrons. The first kappa shape index (κ1) is 12.4. The van der Waals surface area contributed by atoms with Crippen LogP contribution in [0.3, 0.4) is 0 Å². The Morgan fingerprint density at radius 1 is 1.31 bits per heavy atom. The maximum absolute atomic E-state index is 10.9. The van der Waals surface area contributed by atoms with E-state index in [-0.39, 0.29) is 17.0 Å². The number of benzene rings is 1. The van der Waals surface area contributed by atoms with Gasteiger partial charge in [0.1, 0.15) is 5.69 Å². The number of rotatable bonds is 2. The first-order valence-corrected chi connectivity index (χ1v) is 5.10. The van der Waals surface area contributed by atoms with Crippen LogP contribution in [0.5, 0.6) is 0 Å². The summed E-state index contributed by atoms with van der Waals surface area (Å²) in [6, 6.07) is 5.30. The number of hydrogen-bond acceptors (Lipinski definition) is 3. The minimum Gasteiger partial charge on any atom is -0.324 e. The van der Waals surface area contributed by atoms with Crippen LogP contribution in [0.2, 0.25) is 0 Å². The van der Waals surface area contributed by atoms with E-state index in [1.165, 1.54) is 6.92 Å². The monoisotopic (exact) mass is 220 g/mol. The fourth-order valence-electron chi connectivity index (χ4n) is 1.37. The largest absolute Gasteiger partial charge is 0.324 e. The maximum Gasteiger partial charge on any atom is 0.221 e. The van der Waals surface area contributed by atoms with Gasteiger partial charge in [0.05, 0.1) is 5.69 Å². The molecule has 0 aliphatic rings. The fourth-order valence-corrected chi connectivity index (χ4v) is 1.37. The van der Waals surface area contributed by atoms with Crippen molar-refractivity contribution >= 4 is 17.3 Å². The van der Waals surface area contributed by atoms with Crippen molar-refractivity contribution in [2.45, 2.75) is 33.1 Å². The average molecular weight is 220 g/mol. The Labute approximate surface area is 95.0 Å². The first-order valence-electron chi connectivity index (χ1n) is 5.10. The molecule has 4 heteroatoms. The molecule has 1 amide bonds. The van der Waals surface area contributed by atoms with Crippen molar-refractivity contribution in [2.75, 3.05) is 5.32 Å². The van der Waals surface area contributed by atoms with Gasteiger partial charge >= 0.3 is 0 Å². The van der Waals surface area contributed by atoms with Gasteiger partial charge in [0.25, 0.3) is 0 Å². The maximum atomic E-state index is 10.9. The van der Waals surface area contributed by atoms with Gasteiger partial charge in [-0.15, -0.1) is 4.91 Å². The van der Waals surface area contributed by atoms with E-state index in [0.717, 1.165) is 5.56 Å². The molecule has 0 saturated carbocycles. The van der Waals surface area contributed by atoms with Crippen LogP contribution >= 0.6 is 0 Å². The van der Waals surface area contributed by atoms with Crippen LogP contribution in [0.25, 0.3) is 0 Å². The Morgan fingerprint density at radius 3 is 2.38 bits per heavy atom. The summed E-state index contributed by atoms with van der Waals surface area (Å²) in [5, 5.41) is 5.50. The summed E-state index contributed by atoms with van der Waals surface area (Å²) in [5.74, 6) is -0.214. The normalized spacial score (nSPS) is 11.0. The van der Waals surface area contributed by atoms with Gasteiger partial charge in [0.2, 0.25) is 5.91 Å². The highest BCUT2D eigenvalue weighted by molar-refractivity contribution is 5.92. The zero-order valence-corrected chi connectivity index (χ0v) is 10.00. The van der Waals surface area contributed by atoms with Crippen molar-refractivity contribution in [3.8, 4) is 0 Å². The lowest BCUT2D eigenvalue weighted by atomic mass is 9.86. The van der Waals surface area contributed by atoms with Gasteiger partial charge in [-0.25, -0.2) is 0 Å². The number of nitrogens with one attached hydrogen (secondary N) is 1. The summed E-state index contributed by atoms with van der Waals surface area (Å²) in [4.78, 5) is 21.6. The van der Waals surface area contributed by atoms with Crippen LogP contribution < -0.4 is 5.32 Å². The molecule has 1 aromatic rings. The van der Waals surface area contributed by atoms with E-state index in [0.29, 0.717) is 5.69 Å². The number of carbonyl (C=O) groups excluding carboxylic acids is 1. The number of carbonyl (C=O) groups is 1. The van der Waals surface area contributed by atoms with E-state index >= 15 is 0 Å². The third-order valence-electron chi connectivity index (χ3n) is 2.27. The smallest absolute Gasteiger partial charge is 0.221 e. The Bertz CT molecular complexity index is 420. The van der Waals surface area contributed by atoms with Crippen molar-refractivity contribution in [3.63, 3.8) is 0 Å². The van der Waals surface area contributed by atoms with Crippen LogP contribution in [0.15, 0.2) is 23.4 Å². The minimum atomic E-state index is -0.214. The molecule has 0 bridgehead atoms. The molecule has 4 nitrogen and oxygen atoms in total. The van der Waals surface area contributed by atoms with Crippen molar-refractivity contribution in [3.05, 3.63) is 28.7 Å². The predicted molar refractivity (Wildman–Crippen MR) is 64.9 cm³/mol. The van der Waals surface area contributed by atoms with Crippen LogP contribution in [-0.2, 0) is 10.2 Å². The third kappa shape index (κ3) is 2.89. The molecule has 0 aromatic heterocycles. The second-order valence-electron chi connectivity index (χ2n) is 4.75. The van der Waals surface area contributed by atoms with Crippen LogP contribution in [0.4, 0.5) is 11.4 Å².